The first-order valence-corrected chi connectivity index (χ1v) is 6.61. The summed E-state index contributed by atoms with van der Waals surface area (Å²) >= 11 is 0. The molecule has 2 atom stereocenters. The van der Waals surface area contributed by atoms with E-state index < -0.39 is 17.6 Å². The lowest BCUT2D eigenvalue weighted by Gasteiger charge is -2.39. The molecule has 0 radical (unpaired) electrons. The summed E-state index contributed by atoms with van der Waals surface area (Å²) in [5, 5.41) is 0. The number of benzene rings is 1. The van der Waals surface area contributed by atoms with Gasteiger partial charge in [0.25, 0.3) is 0 Å². The Kier molecular flexibility index (Phi) is 4.34. The summed E-state index contributed by atoms with van der Waals surface area (Å²) < 4.78 is 51.7. The van der Waals surface area contributed by atoms with Gasteiger partial charge < -0.3 is 5.73 Å². The molecule has 2 nitrogen and oxygen atoms in total. The van der Waals surface area contributed by atoms with Crippen molar-refractivity contribution in [3.8, 4) is 0 Å². The molecule has 2 unspecified atom stereocenters. The van der Waals surface area contributed by atoms with Crippen LogP contribution in [0, 0.1) is 11.7 Å². The third-order valence-corrected chi connectivity index (χ3v) is 3.95. The van der Waals surface area contributed by atoms with E-state index >= 15 is 0 Å². The fraction of sp³-hybridized carbons (Fsp3) is 0.571. The Morgan fingerprint density at radius 2 is 2.05 bits per heavy atom. The van der Waals surface area contributed by atoms with Gasteiger partial charge in [0.05, 0.1) is 5.56 Å². The normalized spacial score (nSPS) is 24.9. The molecule has 112 valence electrons. The summed E-state index contributed by atoms with van der Waals surface area (Å²) in [7, 11) is 1.86. The summed E-state index contributed by atoms with van der Waals surface area (Å²) in [5.41, 5.74) is 5.00. The molecule has 1 saturated heterocycles. The number of nitrogens with zero attached hydrogens (tertiary/aromatic N) is 1. The molecular formula is C14H18F4N2. The first-order valence-electron chi connectivity index (χ1n) is 6.61. The summed E-state index contributed by atoms with van der Waals surface area (Å²) in [6.07, 6.45) is -2.82. The maximum atomic E-state index is 13.4. The lowest BCUT2D eigenvalue weighted by molar-refractivity contribution is -0.140. The summed E-state index contributed by atoms with van der Waals surface area (Å²) in [4.78, 5) is 1.99. The number of piperidine rings is 1. The maximum Gasteiger partial charge on any atom is 0.419 e. The van der Waals surface area contributed by atoms with E-state index in [1.54, 1.807) is 0 Å². The molecule has 1 aromatic rings. The highest BCUT2D eigenvalue weighted by Gasteiger charge is 2.36. The molecule has 6 heteroatoms. The van der Waals surface area contributed by atoms with Gasteiger partial charge in [0, 0.05) is 6.04 Å². The zero-order valence-corrected chi connectivity index (χ0v) is 11.3. The van der Waals surface area contributed by atoms with Gasteiger partial charge >= 0.3 is 6.18 Å². The molecule has 0 bridgehead atoms. The van der Waals surface area contributed by atoms with Crippen LogP contribution in [0.2, 0.25) is 0 Å². The third kappa shape index (κ3) is 2.96. The van der Waals surface area contributed by atoms with Crippen molar-refractivity contribution in [3.05, 3.63) is 35.1 Å². The number of halogens is 4. The van der Waals surface area contributed by atoms with Crippen molar-refractivity contribution in [1.82, 2.24) is 4.90 Å². The molecular weight excluding hydrogens is 272 g/mol. The van der Waals surface area contributed by atoms with Crippen LogP contribution in [0.3, 0.4) is 0 Å². The van der Waals surface area contributed by atoms with Crippen LogP contribution in [0.1, 0.15) is 30.0 Å². The number of nitrogens with two attached hydrogens (primary N) is 1. The second-order valence-electron chi connectivity index (χ2n) is 5.30. The van der Waals surface area contributed by atoms with Crippen LogP contribution in [-0.4, -0.2) is 25.0 Å². The summed E-state index contributed by atoms with van der Waals surface area (Å²) in [5.74, 6) is -1.13. The molecule has 0 aromatic heterocycles. The van der Waals surface area contributed by atoms with Gasteiger partial charge in [0.15, 0.2) is 0 Å². The lowest BCUT2D eigenvalue weighted by Crippen LogP contribution is -2.39. The third-order valence-electron chi connectivity index (χ3n) is 3.95. The van der Waals surface area contributed by atoms with E-state index in [0.717, 1.165) is 31.5 Å². The Morgan fingerprint density at radius 3 is 2.65 bits per heavy atom. The number of hydrogen-bond acceptors (Lipinski definition) is 2. The molecule has 2 N–H and O–H groups in total. The van der Waals surface area contributed by atoms with Gasteiger partial charge in [-0.25, -0.2) is 4.39 Å². The van der Waals surface area contributed by atoms with Gasteiger partial charge in [-0.3, -0.25) is 4.90 Å². The van der Waals surface area contributed by atoms with E-state index in [1.807, 2.05) is 11.9 Å². The number of hydrogen-bond donors (Lipinski definition) is 1. The van der Waals surface area contributed by atoms with Crippen LogP contribution >= 0.6 is 0 Å². The average Bonchev–Trinajstić information content (AvgIpc) is 2.38. The van der Waals surface area contributed by atoms with Gasteiger partial charge in [0.1, 0.15) is 5.82 Å². The van der Waals surface area contributed by atoms with E-state index in [4.69, 9.17) is 5.73 Å². The number of likely N-dealkylation sites (tertiary alicyclic amines) is 1. The van der Waals surface area contributed by atoms with Crippen LogP contribution in [0.25, 0.3) is 0 Å². The molecule has 20 heavy (non-hydrogen) atoms. The van der Waals surface area contributed by atoms with Crippen LogP contribution in [0.5, 0.6) is 0 Å². The highest BCUT2D eigenvalue weighted by atomic mass is 19.4. The minimum Gasteiger partial charge on any atom is -0.330 e. The molecule has 0 spiro atoms. The Hall–Kier alpha value is -1.14. The first kappa shape index (κ1) is 15.3. The lowest BCUT2D eigenvalue weighted by atomic mass is 9.84. The van der Waals surface area contributed by atoms with Gasteiger partial charge in [0.2, 0.25) is 0 Å². The van der Waals surface area contributed by atoms with E-state index in [9.17, 15) is 17.6 Å². The van der Waals surface area contributed by atoms with E-state index in [0.29, 0.717) is 12.1 Å². The fourth-order valence-corrected chi connectivity index (χ4v) is 2.98. The zero-order valence-electron chi connectivity index (χ0n) is 11.3. The van der Waals surface area contributed by atoms with Gasteiger partial charge in [-0.1, -0.05) is 6.07 Å². The van der Waals surface area contributed by atoms with Crippen molar-refractivity contribution in [2.75, 3.05) is 20.1 Å². The minimum atomic E-state index is -4.68. The van der Waals surface area contributed by atoms with Crippen molar-refractivity contribution >= 4 is 0 Å². The fourth-order valence-electron chi connectivity index (χ4n) is 2.98. The van der Waals surface area contributed by atoms with Gasteiger partial charge in [-0.2, -0.15) is 13.2 Å². The van der Waals surface area contributed by atoms with Crippen molar-refractivity contribution in [1.29, 1.82) is 0 Å². The second kappa shape index (κ2) is 5.69. The molecule has 1 heterocycles. The van der Waals surface area contributed by atoms with Crippen molar-refractivity contribution < 1.29 is 17.6 Å². The van der Waals surface area contributed by atoms with E-state index in [1.165, 1.54) is 6.07 Å². The zero-order chi connectivity index (χ0) is 14.9. The highest BCUT2D eigenvalue weighted by molar-refractivity contribution is 5.30. The predicted octanol–water partition coefficient (Wildman–Crippen LogP) is 3.19. The summed E-state index contributed by atoms with van der Waals surface area (Å²) in [6, 6.07) is 3.06. The Bertz CT molecular complexity index is 473. The van der Waals surface area contributed by atoms with Gasteiger partial charge in [-0.15, -0.1) is 0 Å². The summed E-state index contributed by atoms with van der Waals surface area (Å²) in [6.45, 7) is 1.22. The molecule has 1 aromatic carbocycles. The monoisotopic (exact) mass is 290 g/mol. The highest BCUT2D eigenvalue weighted by Crippen LogP contribution is 2.38. The quantitative estimate of drug-likeness (QED) is 0.848. The van der Waals surface area contributed by atoms with Crippen LogP contribution in [0.4, 0.5) is 17.6 Å². The molecule has 0 amide bonds. The molecule has 1 aliphatic heterocycles. The number of rotatable bonds is 2. The largest absolute Gasteiger partial charge is 0.419 e. The number of alkyl halides is 3. The molecule has 0 aliphatic carbocycles. The van der Waals surface area contributed by atoms with E-state index in [-0.39, 0.29) is 12.0 Å². The van der Waals surface area contributed by atoms with Crippen molar-refractivity contribution in [2.45, 2.75) is 25.1 Å². The molecule has 0 saturated carbocycles. The average molecular weight is 290 g/mol. The van der Waals surface area contributed by atoms with Crippen molar-refractivity contribution in [2.24, 2.45) is 11.7 Å². The van der Waals surface area contributed by atoms with E-state index in [2.05, 4.69) is 0 Å². The topological polar surface area (TPSA) is 29.3 Å². The SMILES string of the molecule is CN1CCCC(CN)C1c1ccc(F)c(C(F)(F)F)c1. The van der Waals surface area contributed by atoms with Crippen LogP contribution in [-0.2, 0) is 6.18 Å². The van der Waals surface area contributed by atoms with Crippen LogP contribution < -0.4 is 5.73 Å². The first-order chi connectivity index (χ1) is 9.34. The van der Waals surface area contributed by atoms with Crippen LogP contribution in [0.15, 0.2) is 18.2 Å². The van der Waals surface area contributed by atoms with Crippen molar-refractivity contribution in [3.63, 3.8) is 0 Å². The maximum absolute atomic E-state index is 13.4. The van der Waals surface area contributed by atoms with Gasteiger partial charge in [-0.05, 0) is 56.6 Å². The minimum absolute atomic E-state index is 0.0975. The molecule has 2 rings (SSSR count). The Morgan fingerprint density at radius 1 is 1.35 bits per heavy atom. The Labute approximate surface area is 115 Å². The standard InChI is InChI=1S/C14H18F4N2/c1-20-6-2-3-10(8-19)13(20)9-4-5-12(15)11(7-9)14(16,17)18/h4-5,7,10,13H,2-3,6,8,19H2,1H3. The molecule has 1 aliphatic rings. The second-order valence-corrected chi connectivity index (χ2v) is 5.30. The smallest absolute Gasteiger partial charge is 0.330 e. The molecule has 1 fully saturated rings. The Balaban J connectivity index is 2.41. The predicted molar refractivity (Wildman–Crippen MR) is 68.6 cm³/mol.